The first kappa shape index (κ1) is 13.9. The van der Waals surface area contributed by atoms with Crippen LogP contribution in [0.15, 0.2) is 54.6 Å². The molecule has 2 aromatic carbocycles. The highest BCUT2D eigenvalue weighted by molar-refractivity contribution is 6.08. The smallest absolute Gasteiger partial charge is 0.189 e. The molecule has 0 aromatic heterocycles. The van der Waals surface area contributed by atoms with E-state index in [9.17, 15) is 4.79 Å². The number of carbonyl (C=O) groups is 1. The van der Waals surface area contributed by atoms with Crippen molar-refractivity contribution in [1.29, 1.82) is 0 Å². The van der Waals surface area contributed by atoms with Gasteiger partial charge in [0.2, 0.25) is 0 Å². The largest absolute Gasteiger partial charge is 0.496 e. The van der Waals surface area contributed by atoms with Crippen LogP contribution in [0.25, 0.3) is 6.08 Å². The molecular formula is C17H16O3. The molecule has 0 radical (unpaired) electrons. The van der Waals surface area contributed by atoms with Crippen LogP contribution >= 0.6 is 0 Å². The molecule has 0 aliphatic rings. The third kappa shape index (κ3) is 3.06. The summed E-state index contributed by atoms with van der Waals surface area (Å²) in [6, 6.07) is 14.7. The summed E-state index contributed by atoms with van der Waals surface area (Å²) in [7, 11) is 3.16. The van der Waals surface area contributed by atoms with Gasteiger partial charge in [-0.05, 0) is 30.4 Å². The molecule has 2 aromatic rings. The van der Waals surface area contributed by atoms with Gasteiger partial charge in [-0.1, -0.05) is 30.3 Å². The van der Waals surface area contributed by atoms with Crippen LogP contribution in [-0.4, -0.2) is 20.0 Å². The van der Waals surface area contributed by atoms with E-state index in [1.807, 2.05) is 36.4 Å². The van der Waals surface area contributed by atoms with Crippen molar-refractivity contribution in [3.05, 3.63) is 65.7 Å². The summed E-state index contributed by atoms with van der Waals surface area (Å²) in [5.41, 5.74) is 1.40. The first-order valence-electron chi connectivity index (χ1n) is 6.24. The van der Waals surface area contributed by atoms with Crippen molar-refractivity contribution in [2.24, 2.45) is 0 Å². The maximum absolute atomic E-state index is 12.2. The van der Waals surface area contributed by atoms with Crippen molar-refractivity contribution < 1.29 is 14.3 Å². The molecule has 0 saturated carbocycles. The number of carbonyl (C=O) groups excluding carboxylic acids is 1. The topological polar surface area (TPSA) is 35.5 Å². The van der Waals surface area contributed by atoms with E-state index in [1.165, 1.54) is 6.08 Å². The predicted molar refractivity (Wildman–Crippen MR) is 79.4 cm³/mol. The summed E-state index contributed by atoms with van der Waals surface area (Å²) >= 11 is 0. The predicted octanol–water partition coefficient (Wildman–Crippen LogP) is 3.60. The summed E-state index contributed by atoms with van der Waals surface area (Å²) < 4.78 is 10.4. The lowest BCUT2D eigenvalue weighted by Gasteiger charge is -2.05. The Morgan fingerprint density at radius 2 is 1.50 bits per heavy atom. The minimum atomic E-state index is -0.103. The Hall–Kier alpha value is -2.55. The number of para-hydroxylation sites is 2. The molecule has 0 spiro atoms. The number of rotatable bonds is 5. The SMILES string of the molecule is COc1ccccc1/C=C/C(=O)c1ccccc1OC. The lowest BCUT2D eigenvalue weighted by Crippen LogP contribution is -1.98. The van der Waals surface area contributed by atoms with Crippen LogP contribution in [0.5, 0.6) is 11.5 Å². The first-order valence-corrected chi connectivity index (χ1v) is 6.24. The van der Waals surface area contributed by atoms with E-state index >= 15 is 0 Å². The van der Waals surface area contributed by atoms with E-state index in [4.69, 9.17) is 9.47 Å². The number of ketones is 1. The third-order valence-corrected chi connectivity index (χ3v) is 2.93. The van der Waals surface area contributed by atoms with E-state index < -0.39 is 0 Å². The standard InChI is InChI=1S/C17H16O3/c1-19-16-9-5-3-7-13(16)11-12-15(18)14-8-4-6-10-17(14)20-2/h3-12H,1-2H3/b12-11+. The van der Waals surface area contributed by atoms with Crippen molar-refractivity contribution in [2.75, 3.05) is 14.2 Å². The molecule has 102 valence electrons. The Balaban J connectivity index is 2.25. The molecule has 0 N–H and O–H groups in total. The number of hydrogen-bond donors (Lipinski definition) is 0. The minimum Gasteiger partial charge on any atom is -0.496 e. The van der Waals surface area contributed by atoms with Crippen LogP contribution in [0.1, 0.15) is 15.9 Å². The molecule has 0 unspecified atom stereocenters. The Morgan fingerprint density at radius 3 is 2.20 bits per heavy atom. The van der Waals surface area contributed by atoms with Crippen molar-refractivity contribution in [3.63, 3.8) is 0 Å². The van der Waals surface area contributed by atoms with Gasteiger partial charge in [-0.3, -0.25) is 4.79 Å². The van der Waals surface area contributed by atoms with Gasteiger partial charge in [-0.25, -0.2) is 0 Å². The van der Waals surface area contributed by atoms with E-state index in [-0.39, 0.29) is 5.78 Å². The van der Waals surface area contributed by atoms with Gasteiger partial charge in [0.05, 0.1) is 19.8 Å². The van der Waals surface area contributed by atoms with Crippen LogP contribution in [0.3, 0.4) is 0 Å². The Labute approximate surface area is 118 Å². The van der Waals surface area contributed by atoms with Crippen LogP contribution in [0.4, 0.5) is 0 Å². The number of hydrogen-bond acceptors (Lipinski definition) is 3. The number of allylic oxidation sites excluding steroid dienone is 1. The number of benzene rings is 2. The molecule has 0 aliphatic carbocycles. The zero-order valence-electron chi connectivity index (χ0n) is 11.5. The van der Waals surface area contributed by atoms with Crippen molar-refractivity contribution in [1.82, 2.24) is 0 Å². The Morgan fingerprint density at radius 1 is 0.900 bits per heavy atom. The second-order valence-corrected chi connectivity index (χ2v) is 4.14. The van der Waals surface area contributed by atoms with Crippen molar-refractivity contribution >= 4 is 11.9 Å². The maximum Gasteiger partial charge on any atom is 0.189 e. The van der Waals surface area contributed by atoms with E-state index in [0.717, 1.165) is 11.3 Å². The quantitative estimate of drug-likeness (QED) is 0.614. The molecule has 0 bridgehead atoms. The van der Waals surface area contributed by atoms with Gasteiger partial charge in [0.1, 0.15) is 11.5 Å². The molecule has 0 saturated heterocycles. The van der Waals surface area contributed by atoms with Gasteiger partial charge >= 0.3 is 0 Å². The third-order valence-electron chi connectivity index (χ3n) is 2.93. The zero-order chi connectivity index (χ0) is 14.4. The van der Waals surface area contributed by atoms with Crippen LogP contribution in [-0.2, 0) is 0 Å². The second kappa shape index (κ2) is 6.57. The molecule has 0 atom stereocenters. The molecule has 0 heterocycles. The van der Waals surface area contributed by atoms with Gasteiger partial charge < -0.3 is 9.47 Å². The summed E-state index contributed by atoms with van der Waals surface area (Å²) in [5, 5.41) is 0. The van der Waals surface area contributed by atoms with Gasteiger partial charge in [-0.2, -0.15) is 0 Å². The molecule has 20 heavy (non-hydrogen) atoms. The van der Waals surface area contributed by atoms with E-state index in [1.54, 1.807) is 32.4 Å². The molecule has 0 fully saturated rings. The monoisotopic (exact) mass is 268 g/mol. The van der Waals surface area contributed by atoms with Gasteiger partial charge in [0.25, 0.3) is 0 Å². The lowest BCUT2D eigenvalue weighted by atomic mass is 10.1. The summed E-state index contributed by atoms with van der Waals surface area (Å²) in [4.78, 5) is 12.2. The van der Waals surface area contributed by atoms with Gasteiger partial charge in [0, 0.05) is 5.56 Å². The highest BCUT2D eigenvalue weighted by Gasteiger charge is 2.08. The first-order chi connectivity index (χ1) is 9.76. The summed E-state index contributed by atoms with van der Waals surface area (Å²) in [6.45, 7) is 0. The Bertz CT molecular complexity index is 630. The van der Waals surface area contributed by atoms with Crippen molar-refractivity contribution in [2.45, 2.75) is 0 Å². The highest BCUT2D eigenvalue weighted by Crippen LogP contribution is 2.21. The maximum atomic E-state index is 12.2. The number of ether oxygens (including phenoxy) is 2. The van der Waals surface area contributed by atoms with E-state index in [2.05, 4.69) is 0 Å². The van der Waals surface area contributed by atoms with Gasteiger partial charge in [-0.15, -0.1) is 0 Å². The van der Waals surface area contributed by atoms with Crippen LogP contribution in [0, 0.1) is 0 Å². The summed E-state index contributed by atoms with van der Waals surface area (Å²) in [5.74, 6) is 1.20. The highest BCUT2D eigenvalue weighted by atomic mass is 16.5. The average Bonchev–Trinajstić information content (AvgIpc) is 2.52. The molecule has 0 aliphatic heterocycles. The van der Waals surface area contributed by atoms with Crippen molar-refractivity contribution in [3.8, 4) is 11.5 Å². The second-order valence-electron chi connectivity index (χ2n) is 4.14. The molecule has 3 nitrogen and oxygen atoms in total. The average molecular weight is 268 g/mol. The zero-order valence-corrected chi connectivity index (χ0v) is 11.5. The van der Waals surface area contributed by atoms with Crippen LogP contribution in [0.2, 0.25) is 0 Å². The Kier molecular flexibility index (Phi) is 4.56. The number of methoxy groups -OCH3 is 2. The lowest BCUT2D eigenvalue weighted by molar-refractivity contribution is 0.104. The normalized spacial score (nSPS) is 10.5. The minimum absolute atomic E-state index is 0.103. The van der Waals surface area contributed by atoms with Gasteiger partial charge in [0.15, 0.2) is 5.78 Å². The van der Waals surface area contributed by atoms with E-state index in [0.29, 0.717) is 11.3 Å². The fourth-order valence-electron chi connectivity index (χ4n) is 1.91. The summed E-state index contributed by atoms with van der Waals surface area (Å²) in [6.07, 6.45) is 3.27. The molecule has 0 amide bonds. The fourth-order valence-corrected chi connectivity index (χ4v) is 1.91. The van der Waals surface area contributed by atoms with Crippen LogP contribution < -0.4 is 9.47 Å². The molecule has 2 rings (SSSR count). The molecule has 3 heteroatoms. The fraction of sp³-hybridized carbons (Fsp3) is 0.118. The molecular weight excluding hydrogens is 252 g/mol.